The summed E-state index contributed by atoms with van der Waals surface area (Å²) in [6.07, 6.45) is 3.37. The van der Waals surface area contributed by atoms with Crippen LogP contribution in [0.1, 0.15) is 36.5 Å². The Kier molecular flexibility index (Phi) is 4.97. The molecule has 1 nitrogen and oxygen atoms in total. The number of hydrogen-bond donors (Lipinski definition) is 0. The van der Waals surface area contributed by atoms with Crippen molar-refractivity contribution >= 4 is 5.78 Å². The molecule has 1 saturated carbocycles. The van der Waals surface area contributed by atoms with Gasteiger partial charge in [-0.15, -0.1) is 13.2 Å². The highest BCUT2D eigenvalue weighted by Gasteiger charge is 2.27. The molecule has 0 aliphatic heterocycles. The lowest BCUT2D eigenvalue weighted by atomic mass is 9.95. The van der Waals surface area contributed by atoms with Crippen LogP contribution in [0.25, 0.3) is 0 Å². The van der Waals surface area contributed by atoms with Gasteiger partial charge in [-0.2, -0.15) is 0 Å². The number of benzene rings is 1. The predicted octanol–water partition coefficient (Wildman–Crippen LogP) is 4.11. The van der Waals surface area contributed by atoms with E-state index in [4.69, 9.17) is 0 Å². The largest absolute Gasteiger partial charge is 0.294 e. The molecule has 1 aromatic rings. The fraction of sp³-hybridized carbons (Fsp3) is 0.400. The van der Waals surface area contributed by atoms with E-state index in [-0.39, 0.29) is 5.92 Å². The molecule has 0 aromatic heterocycles. The Balaban J connectivity index is 0.000000606. The third-order valence-corrected chi connectivity index (χ3v) is 3.12. The number of Topliss-reactive ketones (excluding diaryl/α,β-unsaturated/α-hetero) is 1. The monoisotopic (exact) mass is 216 g/mol. The highest BCUT2D eigenvalue weighted by molar-refractivity contribution is 5.97. The van der Waals surface area contributed by atoms with Crippen LogP contribution in [0.5, 0.6) is 0 Å². The zero-order valence-electron chi connectivity index (χ0n) is 9.99. The second-order valence-electron chi connectivity index (χ2n) is 4.35. The SMILES string of the molecule is C=C.CC1CCC(C(=O)c2ccccc2)C1. The normalized spacial score (nSPS) is 23.3. The van der Waals surface area contributed by atoms with Crippen LogP contribution in [-0.4, -0.2) is 5.78 Å². The maximum atomic E-state index is 12.0. The molecule has 86 valence electrons. The van der Waals surface area contributed by atoms with Crippen LogP contribution in [0.2, 0.25) is 0 Å². The molecule has 0 radical (unpaired) electrons. The maximum Gasteiger partial charge on any atom is 0.165 e. The van der Waals surface area contributed by atoms with E-state index in [2.05, 4.69) is 20.1 Å². The molecular weight excluding hydrogens is 196 g/mol. The molecule has 16 heavy (non-hydrogen) atoms. The van der Waals surface area contributed by atoms with Gasteiger partial charge in [-0.05, 0) is 25.2 Å². The van der Waals surface area contributed by atoms with Crippen LogP contribution in [0, 0.1) is 11.8 Å². The van der Waals surface area contributed by atoms with E-state index in [9.17, 15) is 4.79 Å². The number of rotatable bonds is 2. The lowest BCUT2D eigenvalue weighted by molar-refractivity contribution is 0.0920. The standard InChI is InChI=1S/C13H16O.C2H4/c1-10-7-8-12(9-10)13(14)11-5-3-2-4-6-11;1-2/h2-6,10,12H,7-9H2,1H3;1-2H2. The van der Waals surface area contributed by atoms with E-state index >= 15 is 0 Å². The molecule has 2 atom stereocenters. The van der Waals surface area contributed by atoms with Crippen molar-refractivity contribution in [2.75, 3.05) is 0 Å². The van der Waals surface area contributed by atoms with Crippen LogP contribution in [0.3, 0.4) is 0 Å². The third kappa shape index (κ3) is 3.06. The van der Waals surface area contributed by atoms with Crippen LogP contribution in [0.4, 0.5) is 0 Å². The summed E-state index contributed by atoms with van der Waals surface area (Å²) >= 11 is 0. The molecule has 1 aromatic carbocycles. The first-order valence-corrected chi connectivity index (χ1v) is 5.86. The van der Waals surface area contributed by atoms with E-state index in [0.717, 1.165) is 24.3 Å². The predicted molar refractivity (Wildman–Crippen MR) is 68.5 cm³/mol. The van der Waals surface area contributed by atoms with Crippen molar-refractivity contribution in [1.82, 2.24) is 0 Å². The highest BCUT2D eigenvalue weighted by Crippen LogP contribution is 2.32. The Morgan fingerprint density at radius 1 is 1.19 bits per heavy atom. The molecule has 0 heterocycles. The summed E-state index contributed by atoms with van der Waals surface area (Å²) in [4.78, 5) is 12.0. The molecule has 0 N–H and O–H groups in total. The second-order valence-corrected chi connectivity index (χ2v) is 4.35. The molecule has 2 rings (SSSR count). The van der Waals surface area contributed by atoms with Crippen LogP contribution >= 0.6 is 0 Å². The fourth-order valence-corrected chi connectivity index (χ4v) is 2.28. The van der Waals surface area contributed by atoms with Crippen molar-refractivity contribution in [3.8, 4) is 0 Å². The van der Waals surface area contributed by atoms with Gasteiger partial charge in [0.05, 0.1) is 0 Å². The zero-order chi connectivity index (χ0) is 12.0. The molecule has 0 amide bonds. The van der Waals surface area contributed by atoms with E-state index < -0.39 is 0 Å². The smallest absolute Gasteiger partial charge is 0.165 e. The van der Waals surface area contributed by atoms with E-state index in [1.165, 1.54) is 6.42 Å². The molecule has 0 spiro atoms. The minimum absolute atomic E-state index is 0.285. The Morgan fingerprint density at radius 3 is 2.31 bits per heavy atom. The quantitative estimate of drug-likeness (QED) is 0.537. The Hall–Kier alpha value is -1.37. The van der Waals surface area contributed by atoms with Gasteiger partial charge >= 0.3 is 0 Å². The van der Waals surface area contributed by atoms with Gasteiger partial charge in [0.1, 0.15) is 0 Å². The molecule has 1 fully saturated rings. The van der Waals surface area contributed by atoms with E-state index in [1.54, 1.807) is 0 Å². The van der Waals surface area contributed by atoms with Gasteiger partial charge < -0.3 is 0 Å². The Labute approximate surface area is 98.2 Å². The zero-order valence-corrected chi connectivity index (χ0v) is 9.99. The first kappa shape index (κ1) is 12.7. The number of ketones is 1. The first-order valence-electron chi connectivity index (χ1n) is 5.86. The van der Waals surface area contributed by atoms with Gasteiger partial charge in [0.25, 0.3) is 0 Å². The molecule has 0 bridgehead atoms. The average molecular weight is 216 g/mol. The molecule has 1 aliphatic carbocycles. The summed E-state index contributed by atoms with van der Waals surface area (Å²) in [5.41, 5.74) is 0.881. The van der Waals surface area contributed by atoms with Crippen LogP contribution in [-0.2, 0) is 0 Å². The van der Waals surface area contributed by atoms with Crippen molar-refractivity contribution in [2.45, 2.75) is 26.2 Å². The average Bonchev–Trinajstić information content (AvgIpc) is 2.79. The summed E-state index contributed by atoms with van der Waals surface area (Å²) < 4.78 is 0. The summed E-state index contributed by atoms with van der Waals surface area (Å²) in [5, 5.41) is 0. The van der Waals surface area contributed by atoms with Crippen LogP contribution in [0.15, 0.2) is 43.5 Å². The van der Waals surface area contributed by atoms with Gasteiger partial charge in [-0.3, -0.25) is 4.79 Å². The number of hydrogen-bond acceptors (Lipinski definition) is 1. The summed E-state index contributed by atoms with van der Waals surface area (Å²) in [5.74, 6) is 1.36. The third-order valence-electron chi connectivity index (χ3n) is 3.12. The summed E-state index contributed by atoms with van der Waals surface area (Å²) in [7, 11) is 0. The van der Waals surface area contributed by atoms with Crippen molar-refractivity contribution in [2.24, 2.45) is 11.8 Å². The summed E-state index contributed by atoms with van der Waals surface area (Å²) in [6, 6.07) is 9.67. The van der Waals surface area contributed by atoms with Gasteiger partial charge in [0, 0.05) is 11.5 Å². The topological polar surface area (TPSA) is 17.1 Å². The Bertz CT molecular complexity index is 329. The van der Waals surface area contributed by atoms with Crippen molar-refractivity contribution in [1.29, 1.82) is 0 Å². The van der Waals surface area contributed by atoms with Crippen molar-refractivity contribution < 1.29 is 4.79 Å². The number of carbonyl (C=O) groups is 1. The van der Waals surface area contributed by atoms with Gasteiger partial charge in [-0.25, -0.2) is 0 Å². The molecule has 2 unspecified atom stereocenters. The maximum absolute atomic E-state index is 12.0. The molecule has 0 saturated heterocycles. The summed E-state index contributed by atoms with van der Waals surface area (Å²) in [6.45, 7) is 8.23. The van der Waals surface area contributed by atoms with Gasteiger partial charge in [-0.1, -0.05) is 37.3 Å². The second kappa shape index (κ2) is 6.26. The lowest BCUT2D eigenvalue weighted by Crippen LogP contribution is -2.11. The Morgan fingerprint density at radius 2 is 1.81 bits per heavy atom. The van der Waals surface area contributed by atoms with Crippen molar-refractivity contribution in [3.05, 3.63) is 49.1 Å². The van der Waals surface area contributed by atoms with E-state index in [0.29, 0.717) is 5.78 Å². The molecular formula is C15H20O. The first-order chi connectivity index (χ1) is 7.77. The lowest BCUT2D eigenvalue weighted by Gasteiger charge is -2.07. The minimum atomic E-state index is 0.285. The van der Waals surface area contributed by atoms with E-state index in [1.807, 2.05) is 30.3 Å². The van der Waals surface area contributed by atoms with Crippen molar-refractivity contribution in [3.63, 3.8) is 0 Å². The molecule has 1 aliphatic rings. The minimum Gasteiger partial charge on any atom is -0.294 e. The van der Waals surface area contributed by atoms with Crippen LogP contribution < -0.4 is 0 Å². The number of carbonyl (C=O) groups excluding carboxylic acids is 1. The molecule has 1 heteroatoms. The highest BCUT2D eigenvalue weighted by atomic mass is 16.1. The van der Waals surface area contributed by atoms with Gasteiger partial charge in [0.2, 0.25) is 0 Å². The fourth-order valence-electron chi connectivity index (χ4n) is 2.28. The van der Waals surface area contributed by atoms with Gasteiger partial charge in [0.15, 0.2) is 5.78 Å².